The second kappa shape index (κ2) is 5.75. The van der Waals surface area contributed by atoms with E-state index >= 15 is 0 Å². The Bertz CT molecular complexity index is 76.4. The molecule has 0 amide bonds. The van der Waals surface area contributed by atoms with E-state index in [4.69, 9.17) is 4.89 Å². The van der Waals surface area contributed by atoms with E-state index in [0.29, 0.717) is 6.16 Å². The third-order valence-corrected chi connectivity index (χ3v) is 2.36. The summed E-state index contributed by atoms with van der Waals surface area (Å²) >= 11 is 1.69. The van der Waals surface area contributed by atoms with Gasteiger partial charge in [0.15, 0.2) is 0 Å². The Morgan fingerprint density at radius 3 is 2.50 bits per heavy atom. The molecule has 2 nitrogen and oxygen atoms in total. The SMILES string of the molecule is O=[P+](O)CCCC[AsH2]. The minimum atomic E-state index is -1.86. The molecule has 1 N–H and O–H groups in total. The molecule has 0 aromatic carbocycles. The zero-order valence-corrected chi connectivity index (χ0v) is 8.03. The Morgan fingerprint density at radius 2 is 2.12 bits per heavy atom. The van der Waals surface area contributed by atoms with Crippen molar-refractivity contribution in [3.05, 3.63) is 0 Å². The molecule has 0 saturated carbocycles. The zero-order valence-electron chi connectivity index (χ0n) is 4.71. The van der Waals surface area contributed by atoms with Gasteiger partial charge in [0.2, 0.25) is 0 Å². The average Bonchev–Trinajstić information content (AvgIpc) is 1.66. The van der Waals surface area contributed by atoms with Gasteiger partial charge < -0.3 is 0 Å². The molecule has 0 aromatic heterocycles. The van der Waals surface area contributed by atoms with Gasteiger partial charge in [-0.15, -0.1) is 0 Å². The fourth-order valence-electron chi connectivity index (χ4n) is 0.391. The van der Waals surface area contributed by atoms with Crippen LogP contribution in [0, 0.1) is 0 Å². The molecule has 0 radical (unpaired) electrons. The van der Waals surface area contributed by atoms with Crippen LogP contribution in [0.1, 0.15) is 12.8 Å². The van der Waals surface area contributed by atoms with E-state index in [-0.39, 0.29) is 0 Å². The maximum atomic E-state index is 10.0. The van der Waals surface area contributed by atoms with Gasteiger partial charge in [-0.1, -0.05) is 0 Å². The molecule has 0 bridgehead atoms. The van der Waals surface area contributed by atoms with E-state index < -0.39 is 8.03 Å². The van der Waals surface area contributed by atoms with Crippen molar-refractivity contribution >= 4 is 24.9 Å². The molecule has 2 unspecified atom stereocenters. The van der Waals surface area contributed by atoms with Crippen LogP contribution < -0.4 is 0 Å². The number of unbranched alkanes of at least 4 members (excludes halogenated alkanes) is 1. The van der Waals surface area contributed by atoms with Crippen LogP contribution >= 0.6 is 8.03 Å². The maximum absolute atomic E-state index is 10.0. The minimum absolute atomic E-state index is 0.485. The molecule has 0 aromatic rings. The van der Waals surface area contributed by atoms with Crippen LogP contribution in [-0.2, 0) is 4.57 Å². The average molecular weight is 197 g/mol. The standard InChI is InChI=1S/C4H10AsO2P/c5-3-1-2-4-8(6)7/h1-5H2/p+1. The van der Waals surface area contributed by atoms with Crippen LogP contribution in [0.25, 0.3) is 0 Å². The monoisotopic (exact) mass is 197 g/mol. The van der Waals surface area contributed by atoms with Gasteiger partial charge in [-0.25, -0.2) is 0 Å². The fraction of sp³-hybridized carbons (Fsp3) is 1.00. The quantitative estimate of drug-likeness (QED) is 0.406. The zero-order chi connectivity index (χ0) is 6.41. The molecular weight excluding hydrogens is 186 g/mol. The van der Waals surface area contributed by atoms with E-state index in [0.717, 1.165) is 12.8 Å². The van der Waals surface area contributed by atoms with Crippen LogP contribution in [-0.4, -0.2) is 27.9 Å². The first kappa shape index (κ1) is 8.62. The molecule has 0 aliphatic heterocycles. The first-order chi connectivity index (χ1) is 3.77. The van der Waals surface area contributed by atoms with Crippen molar-refractivity contribution in [2.24, 2.45) is 0 Å². The van der Waals surface area contributed by atoms with Crippen LogP contribution in [0.4, 0.5) is 0 Å². The molecule has 0 saturated heterocycles. The summed E-state index contributed by atoms with van der Waals surface area (Å²) in [6.45, 7) is 0. The van der Waals surface area contributed by atoms with E-state index in [9.17, 15) is 4.57 Å². The number of rotatable bonds is 4. The van der Waals surface area contributed by atoms with Crippen LogP contribution in [0.3, 0.4) is 0 Å². The molecule has 0 aliphatic carbocycles. The van der Waals surface area contributed by atoms with Crippen molar-refractivity contribution in [1.82, 2.24) is 0 Å². The molecule has 0 rings (SSSR count). The summed E-state index contributed by atoms with van der Waals surface area (Å²) in [6, 6.07) is 0. The van der Waals surface area contributed by atoms with Gasteiger partial charge in [-0.05, 0) is 0 Å². The van der Waals surface area contributed by atoms with Crippen LogP contribution in [0.15, 0.2) is 0 Å². The van der Waals surface area contributed by atoms with Gasteiger partial charge in [-0.2, -0.15) is 0 Å². The van der Waals surface area contributed by atoms with Crippen LogP contribution in [0.5, 0.6) is 0 Å². The number of hydrogen-bond donors (Lipinski definition) is 1. The van der Waals surface area contributed by atoms with Crippen molar-refractivity contribution in [2.45, 2.75) is 18.1 Å². The third kappa shape index (κ3) is 6.62. The Labute approximate surface area is 59.0 Å². The Kier molecular flexibility index (Phi) is 6.19. The van der Waals surface area contributed by atoms with Crippen molar-refractivity contribution in [2.75, 3.05) is 6.16 Å². The van der Waals surface area contributed by atoms with Crippen LogP contribution in [0.2, 0.25) is 5.21 Å². The Balaban J connectivity index is 2.82. The van der Waals surface area contributed by atoms with Gasteiger partial charge in [-0.3, -0.25) is 0 Å². The van der Waals surface area contributed by atoms with Gasteiger partial charge in [0, 0.05) is 0 Å². The summed E-state index contributed by atoms with van der Waals surface area (Å²) in [5.41, 5.74) is 0. The van der Waals surface area contributed by atoms with Gasteiger partial charge in [0.1, 0.15) is 0 Å². The second-order valence-corrected chi connectivity index (χ2v) is 3.93. The molecule has 2 atom stereocenters. The molecule has 0 heterocycles. The molecule has 0 fully saturated rings. The van der Waals surface area contributed by atoms with Crippen molar-refractivity contribution in [1.29, 1.82) is 0 Å². The summed E-state index contributed by atoms with van der Waals surface area (Å²) in [5.74, 6) is 0. The van der Waals surface area contributed by atoms with Gasteiger partial charge >= 0.3 is 58.6 Å². The van der Waals surface area contributed by atoms with Crippen molar-refractivity contribution < 1.29 is 9.46 Å². The molecule has 8 heavy (non-hydrogen) atoms. The van der Waals surface area contributed by atoms with Crippen molar-refractivity contribution in [3.8, 4) is 0 Å². The predicted octanol–water partition coefficient (Wildman–Crippen LogP) is 0.553. The van der Waals surface area contributed by atoms with E-state index in [1.807, 2.05) is 0 Å². The Hall–Kier alpha value is 0.618. The summed E-state index contributed by atoms with van der Waals surface area (Å²) in [4.78, 5) is 8.29. The van der Waals surface area contributed by atoms with Gasteiger partial charge in [0.05, 0.1) is 0 Å². The second-order valence-electron chi connectivity index (χ2n) is 1.57. The van der Waals surface area contributed by atoms with Crippen molar-refractivity contribution in [3.63, 3.8) is 0 Å². The summed E-state index contributed by atoms with van der Waals surface area (Å²) in [6.07, 6.45) is 2.49. The predicted molar refractivity (Wildman–Crippen MR) is 37.3 cm³/mol. The number of hydrogen-bond acceptors (Lipinski definition) is 1. The van der Waals surface area contributed by atoms with Gasteiger partial charge in [0.25, 0.3) is 0 Å². The van der Waals surface area contributed by atoms with E-state index in [1.165, 1.54) is 5.21 Å². The van der Waals surface area contributed by atoms with E-state index in [1.54, 1.807) is 16.9 Å². The molecule has 48 valence electrons. The van der Waals surface area contributed by atoms with E-state index in [2.05, 4.69) is 0 Å². The normalized spacial score (nSPS) is 11.5. The topological polar surface area (TPSA) is 37.3 Å². The Morgan fingerprint density at radius 1 is 1.50 bits per heavy atom. The molecule has 0 spiro atoms. The first-order valence-electron chi connectivity index (χ1n) is 2.61. The first-order valence-corrected chi connectivity index (χ1v) is 5.72. The molecule has 0 aliphatic rings. The summed E-state index contributed by atoms with van der Waals surface area (Å²) < 4.78 is 10.0. The molecule has 4 heteroatoms. The summed E-state index contributed by atoms with van der Waals surface area (Å²) in [5, 5.41) is 1.18. The summed E-state index contributed by atoms with van der Waals surface area (Å²) in [7, 11) is -1.86. The third-order valence-electron chi connectivity index (χ3n) is 0.804. The molecular formula is C4H11AsO2P+. The fourth-order valence-corrected chi connectivity index (χ4v) is 1.49.